The van der Waals surface area contributed by atoms with Gasteiger partial charge in [0.05, 0.1) is 5.56 Å². The summed E-state index contributed by atoms with van der Waals surface area (Å²) in [7, 11) is 0. The van der Waals surface area contributed by atoms with E-state index in [9.17, 15) is 18.0 Å². The Hall–Kier alpha value is -2.99. The smallest absolute Gasteiger partial charge is 0.416 e. The van der Waals surface area contributed by atoms with Crippen LogP contribution in [-0.4, -0.2) is 5.91 Å². The first-order chi connectivity index (χ1) is 13.3. The van der Waals surface area contributed by atoms with Crippen LogP contribution in [0.2, 0.25) is 5.02 Å². The maximum atomic E-state index is 12.8. The van der Waals surface area contributed by atoms with Gasteiger partial charge in [-0.15, -0.1) is 0 Å². The number of carbonyl (C=O) groups is 1. The molecule has 0 aliphatic rings. The molecule has 0 atom stereocenters. The summed E-state index contributed by atoms with van der Waals surface area (Å²) in [5.41, 5.74) is 0.366. The molecule has 3 aromatic rings. The minimum atomic E-state index is -4.47. The van der Waals surface area contributed by atoms with Crippen molar-refractivity contribution in [2.45, 2.75) is 12.8 Å². The van der Waals surface area contributed by atoms with Gasteiger partial charge in [-0.25, -0.2) is 0 Å². The Labute approximate surface area is 164 Å². The zero-order valence-electron chi connectivity index (χ0n) is 14.5. The van der Waals surface area contributed by atoms with Gasteiger partial charge < -0.3 is 10.1 Å². The summed E-state index contributed by atoms with van der Waals surface area (Å²) >= 11 is 6.07. The molecule has 0 radical (unpaired) electrons. The molecule has 7 heteroatoms. The molecule has 28 heavy (non-hydrogen) atoms. The first-order valence-electron chi connectivity index (χ1n) is 8.28. The van der Waals surface area contributed by atoms with E-state index in [1.165, 1.54) is 24.3 Å². The number of rotatable bonds is 5. The molecule has 3 aromatic carbocycles. The van der Waals surface area contributed by atoms with Crippen molar-refractivity contribution in [1.29, 1.82) is 0 Å². The average Bonchev–Trinajstić information content (AvgIpc) is 2.67. The van der Waals surface area contributed by atoms with Crippen LogP contribution in [0.15, 0.2) is 72.8 Å². The number of alkyl halides is 3. The highest BCUT2D eigenvalue weighted by Crippen LogP contribution is 2.30. The van der Waals surface area contributed by atoms with Crippen molar-refractivity contribution in [1.82, 2.24) is 0 Å². The molecule has 0 unspecified atom stereocenters. The number of ether oxygens (including phenoxy) is 1. The number of hydrogen-bond donors (Lipinski definition) is 1. The van der Waals surface area contributed by atoms with Crippen LogP contribution in [0.1, 0.15) is 21.5 Å². The van der Waals surface area contributed by atoms with Crippen LogP contribution in [0.25, 0.3) is 0 Å². The molecule has 0 fully saturated rings. The van der Waals surface area contributed by atoms with Gasteiger partial charge in [0.2, 0.25) is 0 Å². The van der Waals surface area contributed by atoms with E-state index in [4.69, 9.17) is 16.3 Å². The number of benzene rings is 3. The molecule has 1 amide bonds. The van der Waals surface area contributed by atoms with Gasteiger partial charge in [-0.1, -0.05) is 35.9 Å². The minimum Gasteiger partial charge on any atom is -0.489 e. The van der Waals surface area contributed by atoms with Gasteiger partial charge in [0.15, 0.2) is 0 Å². The number of amides is 1. The van der Waals surface area contributed by atoms with E-state index in [0.717, 1.165) is 17.7 Å². The summed E-state index contributed by atoms with van der Waals surface area (Å²) in [6.45, 7) is 0.273. The third kappa shape index (κ3) is 5.04. The minimum absolute atomic E-state index is 0.0684. The lowest BCUT2D eigenvalue weighted by Gasteiger charge is -2.11. The predicted molar refractivity (Wildman–Crippen MR) is 102 cm³/mol. The largest absolute Gasteiger partial charge is 0.489 e. The van der Waals surface area contributed by atoms with Crippen molar-refractivity contribution in [2.75, 3.05) is 5.32 Å². The van der Waals surface area contributed by atoms with E-state index >= 15 is 0 Å². The van der Waals surface area contributed by atoms with Crippen LogP contribution in [0, 0.1) is 0 Å². The Morgan fingerprint density at radius 2 is 1.68 bits per heavy atom. The molecule has 1 N–H and O–H groups in total. The van der Waals surface area contributed by atoms with Gasteiger partial charge in [0.25, 0.3) is 5.91 Å². The Kier molecular flexibility index (Phi) is 5.90. The molecule has 0 heterocycles. The second kappa shape index (κ2) is 8.35. The van der Waals surface area contributed by atoms with E-state index in [-0.39, 0.29) is 12.3 Å². The Bertz CT molecular complexity index is 972. The average molecular weight is 406 g/mol. The van der Waals surface area contributed by atoms with Crippen molar-refractivity contribution in [2.24, 2.45) is 0 Å². The number of anilines is 1. The number of hydrogen-bond acceptors (Lipinski definition) is 2. The van der Waals surface area contributed by atoms with Crippen LogP contribution in [-0.2, 0) is 12.8 Å². The first kappa shape index (κ1) is 19.8. The lowest BCUT2D eigenvalue weighted by Crippen LogP contribution is -2.13. The molecule has 144 valence electrons. The quantitative estimate of drug-likeness (QED) is 0.549. The van der Waals surface area contributed by atoms with Crippen LogP contribution < -0.4 is 10.1 Å². The van der Waals surface area contributed by atoms with Crippen molar-refractivity contribution in [3.63, 3.8) is 0 Å². The van der Waals surface area contributed by atoms with E-state index < -0.39 is 17.6 Å². The molecular formula is C21H15ClF3NO2. The van der Waals surface area contributed by atoms with E-state index in [0.29, 0.717) is 16.3 Å². The summed E-state index contributed by atoms with van der Waals surface area (Å²) in [6, 6.07) is 18.0. The van der Waals surface area contributed by atoms with Crippen LogP contribution in [0.4, 0.5) is 18.9 Å². The fraction of sp³-hybridized carbons (Fsp3) is 0.0952. The zero-order chi connectivity index (χ0) is 20.1. The van der Waals surface area contributed by atoms with Gasteiger partial charge in [-0.2, -0.15) is 13.2 Å². The van der Waals surface area contributed by atoms with Gasteiger partial charge in [0, 0.05) is 21.8 Å². The second-order valence-electron chi connectivity index (χ2n) is 5.94. The third-order valence-electron chi connectivity index (χ3n) is 3.92. The van der Waals surface area contributed by atoms with Crippen LogP contribution in [0.3, 0.4) is 0 Å². The number of nitrogens with one attached hydrogen (secondary N) is 1. The highest BCUT2D eigenvalue weighted by Gasteiger charge is 2.30. The van der Waals surface area contributed by atoms with Crippen LogP contribution in [0.5, 0.6) is 5.75 Å². The van der Waals surface area contributed by atoms with E-state index in [1.807, 2.05) is 18.2 Å². The molecule has 0 saturated carbocycles. The fourth-order valence-electron chi connectivity index (χ4n) is 2.46. The topological polar surface area (TPSA) is 38.3 Å². The lowest BCUT2D eigenvalue weighted by molar-refractivity contribution is -0.137. The zero-order valence-corrected chi connectivity index (χ0v) is 15.2. The van der Waals surface area contributed by atoms with E-state index in [1.54, 1.807) is 18.2 Å². The molecular weight excluding hydrogens is 391 g/mol. The van der Waals surface area contributed by atoms with Crippen molar-refractivity contribution < 1.29 is 22.7 Å². The molecule has 0 spiro atoms. The summed E-state index contributed by atoms with van der Waals surface area (Å²) < 4.78 is 43.9. The summed E-state index contributed by atoms with van der Waals surface area (Å²) in [5, 5.41) is 3.06. The van der Waals surface area contributed by atoms with Crippen molar-refractivity contribution in [3.8, 4) is 5.75 Å². The summed E-state index contributed by atoms with van der Waals surface area (Å²) in [4.78, 5) is 12.3. The van der Waals surface area contributed by atoms with Crippen LogP contribution >= 0.6 is 11.6 Å². The Morgan fingerprint density at radius 1 is 0.964 bits per heavy atom. The third-order valence-corrected chi connectivity index (χ3v) is 4.29. The maximum Gasteiger partial charge on any atom is 0.416 e. The predicted octanol–water partition coefficient (Wildman–Crippen LogP) is 6.19. The highest BCUT2D eigenvalue weighted by atomic mass is 35.5. The molecule has 3 rings (SSSR count). The first-order valence-corrected chi connectivity index (χ1v) is 8.65. The van der Waals surface area contributed by atoms with Crippen molar-refractivity contribution >= 4 is 23.2 Å². The van der Waals surface area contributed by atoms with E-state index in [2.05, 4.69) is 5.32 Å². The van der Waals surface area contributed by atoms with Gasteiger partial charge in [0.1, 0.15) is 12.4 Å². The number of halogens is 4. The Balaban J connectivity index is 1.63. The van der Waals surface area contributed by atoms with Gasteiger partial charge >= 0.3 is 6.18 Å². The molecule has 0 aliphatic carbocycles. The second-order valence-corrected chi connectivity index (χ2v) is 6.34. The fourth-order valence-corrected chi connectivity index (χ4v) is 2.65. The SMILES string of the molecule is O=C(Nc1cccc(C(F)(F)F)c1)c1ccc(OCc2ccccc2Cl)cc1. The number of carbonyl (C=O) groups excluding carboxylic acids is 1. The molecule has 0 aliphatic heterocycles. The highest BCUT2D eigenvalue weighted by molar-refractivity contribution is 6.31. The molecule has 3 nitrogen and oxygen atoms in total. The monoisotopic (exact) mass is 405 g/mol. The van der Waals surface area contributed by atoms with Gasteiger partial charge in [-0.3, -0.25) is 4.79 Å². The summed E-state index contributed by atoms with van der Waals surface area (Å²) in [6.07, 6.45) is -4.47. The lowest BCUT2D eigenvalue weighted by atomic mass is 10.1. The summed E-state index contributed by atoms with van der Waals surface area (Å²) in [5.74, 6) is 0.0208. The normalized spacial score (nSPS) is 11.1. The maximum absolute atomic E-state index is 12.8. The molecule has 0 aromatic heterocycles. The molecule has 0 saturated heterocycles. The van der Waals surface area contributed by atoms with Gasteiger partial charge in [-0.05, 0) is 48.5 Å². The Morgan fingerprint density at radius 3 is 2.36 bits per heavy atom. The molecule has 0 bridgehead atoms. The van der Waals surface area contributed by atoms with Crippen molar-refractivity contribution in [3.05, 3.63) is 94.5 Å². The standard InChI is InChI=1S/C21H15ClF3NO2/c22-19-7-2-1-4-15(19)13-28-18-10-8-14(9-11-18)20(27)26-17-6-3-5-16(12-17)21(23,24)25/h1-12H,13H2,(H,26,27).